The lowest BCUT2D eigenvalue weighted by Gasteiger charge is -2.33. The summed E-state index contributed by atoms with van der Waals surface area (Å²) in [6.45, 7) is 5.42. The quantitative estimate of drug-likeness (QED) is 0.276. The zero-order valence-corrected chi connectivity index (χ0v) is 21.5. The molecule has 8 heteroatoms. The maximum Gasteiger partial charge on any atom is 0.319 e. The van der Waals surface area contributed by atoms with Gasteiger partial charge < -0.3 is 31.9 Å². The van der Waals surface area contributed by atoms with E-state index in [1.54, 1.807) is 0 Å². The molecule has 0 bridgehead atoms. The third-order valence-electron chi connectivity index (χ3n) is 6.51. The number of nitrogens with one attached hydrogen (secondary N) is 4. The number of nitrogens with two attached hydrogens (primary N) is 1. The lowest BCUT2D eigenvalue weighted by Crippen LogP contribution is -2.46. The summed E-state index contributed by atoms with van der Waals surface area (Å²) in [5, 5.41) is 12.3. The van der Waals surface area contributed by atoms with Crippen LogP contribution in [0.15, 0.2) is 48.5 Å². The number of unbranched alkanes of at least 4 members (excludes halogenated alkanes) is 3. The molecule has 4 amide bonds. The number of nitrogens with zero attached hydrogens (tertiary/aromatic N) is 1. The molecule has 1 aliphatic heterocycles. The summed E-state index contributed by atoms with van der Waals surface area (Å²) in [5.74, 6) is 0. The van der Waals surface area contributed by atoms with Crippen molar-refractivity contribution >= 4 is 23.4 Å². The Morgan fingerprint density at radius 1 is 0.889 bits per heavy atom. The van der Waals surface area contributed by atoms with E-state index in [0.29, 0.717) is 25.7 Å². The van der Waals surface area contributed by atoms with E-state index >= 15 is 0 Å². The summed E-state index contributed by atoms with van der Waals surface area (Å²) >= 11 is 0. The van der Waals surface area contributed by atoms with Crippen LogP contribution in [0.25, 0.3) is 0 Å². The van der Waals surface area contributed by atoms with Crippen LogP contribution >= 0.6 is 0 Å². The van der Waals surface area contributed by atoms with Gasteiger partial charge in [0.05, 0.1) is 0 Å². The van der Waals surface area contributed by atoms with Crippen LogP contribution in [0.1, 0.15) is 56.6 Å². The molecule has 6 N–H and O–H groups in total. The van der Waals surface area contributed by atoms with Crippen molar-refractivity contribution in [2.45, 2.75) is 64.5 Å². The fraction of sp³-hybridized carbons (Fsp3) is 0.500. The van der Waals surface area contributed by atoms with Gasteiger partial charge in [-0.15, -0.1) is 0 Å². The number of benzene rings is 2. The van der Waals surface area contributed by atoms with Gasteiger partial charge in [-0.1, -0.05) is 50.5 Å². The molecule has 3 rings (SSSR count). The minimum Gasteiger partial charge on any atom is -0.382 e. The van der Waals surface area contributed by atoms with Crippen molar-refractivity contribution in [2.24, 2.45) is 5.73 Å². The number of rotatable bonds is 12. The van der Waals surface area contributed by atoms with E-state index in [1.165, 1.54) is 18.4 Å². The highest BCUT2D eigenvalue weighted by Gasteiger charge is 2.22. The average molecular weight is 495 g/mol. The van der Waals surface area contributed by atoms with Gasteiger partial charge in [0.1, 0.15) is 0 Å². The van der Waals surface area contributed by atoms with Gasteiger partial charge in [-0.05, 0) is 67.6 Å². The van der Waals surface area contributed by atoms with Crippen LogP contribution in [0.2, 0.25) is 0 Å². The molecule has 2 aromatic rings. The maximum atomic E-state index is 12.6. The molecule has 36 heavy (non-hydrogen) atoms. The van der Waals surface area contributed by atoms with Crippen LogP contribution in [-0.4, -0.2) is 49.2 Å². The molecule has 8 nitrogen and oxygen atoms in total. The number of carbonyl (C=O) groups excluding carboxylic acids is 2. The number of piperidine rings is 1. The summed E-state index contributed by atoms with van der Waals surface area (Å²) in [6, 6.07) is 16.1. The molecule has 0 radical (unpaired) electrons. The number of likely N-dealkylation sites (tertiary alicyclic amines) is 1. The first-order valence-electron chi connectivity index (χ1n) is 13.3. The normalized spacial score (nSPS) is 13.8. The molecule has 1 saturated heterocycles. The van der Waals surface area contributed by atoms with Crippen LogP contribution in [0.3, 0.4) is 0 Å². The second kappa shape index (κ2) is 15.0. The van der Waals surface area contributed by atoms with Crippen LogP contribution in [-0.2, 0) is 13.0 Å². The lowest BCUT2D eigenvalue weighted by atomic mass is 10.0. The Bertz CT molecular complexity index is 924. The molecule has 0 atom stereocenters. The molecule has 1 aliphatic rings. The van der Waals surface area contributed by atoms with Crippen LogP contribution in [0.4, 0.5) is 21.0 Å². The molecule has 2 aromatic carbocycles. The van der Waals surface area contributed by atoms with Crippen molar-refractivity contribution in [1.29, 1.82) is 0 Å². The second-order valence-electron chi connectivity index (χ2n) is 9.44. The smallest absolute Gasteiger partial charge is 0.319 e. The molecule has 0 aliphatic carbocycles. The first-order chi connectivity index (χ1) is 17.6. The van der Waals surface area contributed by atoms with E-state index in [4.69, 9.17) is 5.73 Å². The van der Waals surface area contributed by atoms with Crippen molar-refractivity contribution in [2.75, 3.05) is 36.8 Å². The van der Waals surface area contributed by atoms with Gasteiger partial charge in [0.2, 0.25) is 0 Å². The lowest BCUT2D eigenvalue weighted by molar-refractivity contribution is 0.183. The minimum atomic E-state index is -0.186. The summed E-state index contributed by atoms with van der Waals surface area (Å²) in [4.78, 5) is 26.5. The molecule has 0 spiro atoms. The zero-order chi connectivity index (χ0) is 25.6. The zero-order valence-electron chi connectivity index (χ0n) is 21.5. The van der Waals surface area contributed by atoms with Crippen LogP contribution in [0.5, 0.6) is 0 Å². The highest BCUT2D eigenvalue weighted by Crippen LogP contribution is 2.18. The van der Waals surface area contributed by atoms with E-state index in [9.17, 15) is 9.59 Å². The van der Waals surface area contributed by atoms with Crippen LogP contribution < -0.4 is 27.0 Å². The summed E-state index contributed by atoms with van der Waals surface area (Å²) in [5.41, 5.74) is 9.70. The van der Waals surface area contributed by atoms with Crippen molar-refractivity contribution in [3.8, 4) is 0 Å². The summed E-state index contributed by atoms with van der Waals surface area (Å²) < 4.78 is 0. The minimum absolute atomic E-state index is 0.0377. The highest BCUT2D eigenvalue weighted by atomic mass is 16.2. The Morgan fingerprint density at radius 3 is 2.22 bits per heavy atom. The molecule has 0 aromatic heterocycles. The van der Waals surface area contributed by atoms with Gasteiger partial charge in [-0.3, -0.25) is 0 Å². The topological polar surface area (TPSA) is 112 Å². The SMILES string of the molecule is CCCCCCNC(=O)Nc1ccc(CNC(=O)N2CCC(Nc3ccc(CCN)cc3)CC2)cc1. The van der Waals surface area contributed by atoms with Gasteiger partial charge in [-0.25, -0.2) is 9.59 Å². The van der Waals surface area contributed by atoms with Crippen LogP contribution in [0, 0.1) is 0 Å². The number of amides is 4. The third-order valence-corrected chi connectivity index (χ3v) is 6.51. The molecule has 0 saturated carbocycles. The molecular formula is C28H42N6O2. The number of carbonyl (C=O) groups is 2. The van der Waals surface area contributed by atoms with Crippen molar-refractivity contribution in [3.05, 3.63) is 59.7 Å². The van der Waals surface area contributed by atoms with Crippen molar-refractivity contribution in [1.82, 2.24) is 15.5 Å². The predicted octanol–water partition coefficient (Wildman–Crippen LogP) is 4.68. The Kier molecular flexibility index (Phi) is 11.4. The average Bonchev–Trinajstić information content (AvgIpc) is 2.90. The summed E-state index contributed by atoms with van der Waals surface area (Å²) in [6.07, 6.45) is 7.24. The molecule has 196 valence electrons. The van der Waals surface area contributed by atoms with E-state index in [2.05, 4.69) is 52.5 Å². The number of hydrogen-bond acceptors (Lipinski definition) is 4. The third kappa shape index (κ3) is 9.41. The first-order valence-corrected chi connectivity index (χ1v) is 13.3. The Morgan fingerprint density at radius 2 is 1.56 bits per heavy atom. The Labute approximate surface area is 215 Å². The number of anilines is 2. The summed E-state index contributed by atoms with van der Waals surface area (Å²) in [7, 11) is 0. The van der Waals surface area contributed by atoms with E-state index in [0.717, 1.165) is 62.1 Å². The van der Waals surface area contributed by atoms with Gasteiger partial charge in [0.15, 0.2) is 0 Å². The second-order valence-corrected chi connectivity index (χ2v) is 9.44. The predicted molar refractivity (Wildman–Crippen MR) is 147 cm³/mol. The number of hydrogen-bond donors (Lipinski definition) is 5. The highest BCUT2D eigenvalue weighted by molar-refractivity contribution is 5.89. The number of urea groups is 2. The Balaban J connectivity index is 1.33. The van der Waals surface area contributed by atoms with Crippen molar-refractivity contribution in [3.63, 3.8) is 0 Å². The van der Waals surface area contributed by atoms with Gasteiger partial charge in [0.25, 0.3) is 0 Å². The maximum absolute atomic E-state index is 12.6. The van der Waals surface area contributed by atoms with Gasteiger partial charge in [0, 0.05) is 43.6 Å². The molecule has 1 heterocycles. The molecule has 1 fully saturated rings. The fourth-order valence-electron chi connectivity index (χ4n) is 4.32. The largest absolute Gasteiger partial charge is 0.382 e. The van der Waals surface area contributed by atoms with E-state index in [1.807, 2.05) is 29.2 Å². The van der Waals surface area contributed by atoms with E-state index in [-0.39, 0.29) is 12.1 Å². The monoisotopic (exact) mass is 494 g/mol. The van der Waals surface area contributed by atoms with Gasteiger partial charge in [-0.2, -0.15) is 0 Å². The Hall–Kier alpha value is -3.26. The molecule has 0 unspecified atom stereocenters. The first kappa shape index (κ1) is 27.3. The standard InChI is InChI=1S/C28H42N6O2/c1-2-3-4-5-18-30-27(35)33-25-12-8-23(9-13-25)21-31-28(36)34-19-15-26(16-20-34)32-24-10-6-22(7-11-24)14-17-29/h6-13,26,32H,2-5,14-21,29H2,1H3,(H,31,36)(H2,30,33,35). The fourth-order valence-corrected chi connectivity index (χ4v) is 4.32. The van der Waals surface area contributed by atoms with Gasteiger partial charge >= 0.3 is 12.1 Å². The molecular weight excluding hydrogens is 452 g/mol. The van der Waals surface area contributed by atoms with E-state index < -0.39 is 0 Å². The van der Waals surface area contributed by atoms with Crippen molar-refractivity contribution < 1.29 is 9.59 Å².